The van der Waals surface area contributed by atoms with Crippen molar-refractivity contribution in [3.05, 3.63) is 0 Å². The number of hydrogen-bond donors (Lipinski definition) is 1. The minimum absolute atomic E-state index is 0.189. The van der Waals surface area contributed by atoms with Crippen LogP contribution in [0.15, 0.2) is 0 Å². The Morgan fingerprint density at radius 1 is 1.26 bits per heavy atom. The van der Waals surface area contributed by atoms with Gasteiger partial charge in [0.15, 0.2) is 0 Å². The van der Waals surface area contributed by atoms with Crippen molar-refractivity contribution in [2.45, 2.75) is 57.7 Å². The molecule has 0 aromatic heterocycles. The standard InChI is InChI=1S/C14H27F3N2/c1-12(4-3-8-14(15,16)17)18-9-5-13-6-10-19(2)11-7-13/h12-13,18H,3-11H2,1-2H3. The van der Waals surface area contributed by atoms with E-state index < -0.39 is 12.6 Å². The van der Waals surface area contributed by atoms with Crippen LogP contribution in [0.4, 0.5) is 13.2 Å². The summed E-state index contributed by atoms with van der Waals surface area (Å²) in [6, 6.07) is 0.189. The quantitative estimate of drug-likeness (QED) is 0.768. The van der Waals surface area contributed by atoms with E-state index in [2.05, 4.69) is 17.3 Å². The van der Waals surface area contributed by atoms with Gasteiger partial charge < -0.3 is 10.2 Å². The zero-order valence-electron chi connectivity index (χ0n) is 12.1. The molecule has 1 aliphatic heterocycles. The molecule has 1 rings (SSSR count). The summed E-state index contributed by atoms with van der Waals surface area (Å²) < 4.78 is 36.0. The molecule has 114 valence electrons. The van der Waals surface area contributed by atoms with Gasteiger partial charge in [-0.2, -0.15) is 13.2 Å². The lowest BCUT2D eigenvalue weighted by atomic mass is 9.94. The van der Waals surface area contributed by atoms with Crippen molar-refractivity contribution in [3.8, 4) is 0 Å². The van der Waals surface area contributed by atoms with Gasteiger partial charge in [0, 0.05) is 12.5 Å². The van der Waals surface area contributed by atoms with Gasteiger partial charge in [-0.15, -0.1) is 0 Å². The second kappa shape index (κ2) is 8.10. The summed E-state index contributed by atoms with van der Waals surface area (Å²) in [4.78, 5) is 2.35. The third-order valence-electron chi connectivity index (χ3n) is 3.98. The Kier molecular flexibility index (Phi) is 7.15. The van der Waals surface area contributed by atoms with Crippen molar-refractivity contribution in [1.82, 2.24) is 10.2 Å². The minimum atomic E-state index is -4.01. The van der Waals surface area contributed by atoms with Crippen molar-refractivity contribution in [2.75, 3.05) is 26.7 Å². The summed E-state index contributed by atoms with van der Waals surface area (Å²) >= 11 is 0. The monoisotopic (exact) mass is 280 g/mol. The summed E-state index contributed by atoms with van der Waals surface area (Å²) in [5.41, 5.74) is 0. The minimum Gasteiger partial charge on any atom is -0.314 e. The zero-order valence-corrected chi connectivity index (χ0v) is 12.1. The van der Waals surface area contributed by atoms with E-state index in [1.54, 1.807) is 0 Å². The summed E-state index contributed by atoms with van der Waals surface area (Å²) in [5.74, 6) is 0.783. The van der Waals surface area contributed by atoms with Crippen LogP contribution in [-0.4, -0.2) is 43.8 Å². The molecule has 0 saturated carbocycles. The van der Waals surface area contributed by atoms with Gasteiger partial charge in [0.25, 0.3) is 0 Å². The molecule has 1 aliphatic rings. The van der Waals surface area contributed by atoms with E-state index in [9.17, 15) is 13.2 Å². The van der Waals surface area contributed by atoms with Gasteiger partial charge in [0.2, 0.25) is 0 Å². The fraction of sp³-hybridized carbons (Fsp3) is 1.00. The number of piperidine rings is 1. The number of likely N-dealkylation sites (tertiary alicyclic amines) is 1. The number of nitrogens with zero attached hydrogens (tertiary/aromatic N) is 1. The lowest BCUT2D eigenvalue weighted by Gasteiger charge is -2.29. The van der Waals surface area contributed by atoms with Gasteiger partial charge in [-0.3, -0.25) is 0 Å². The van der Waals surface area contributed by atoms with Crippen LogP contribution in [0, 0.1) is 5.92 Å². The van der Waals surface area contributed by atoms with Crippen LogP contribution in [0.25, 0.3) is 0 Å². The predicted octanol–water partition coefficient (Wildman–Crippen LogP) is 3.43. The average Bonchev–Trinajstić information content (AvgIpc) is 2.30. The first-order chi connectivity index (χ1) is 8.87. The Morgan fingerprint density at radius 2 is 1.89 bits per heavy atom. The Labute approximate surface area is 114 Å². The maximum absolute atomic E-state index is 12.0. The highest BCUT2D eigenvalue weighted by molar-refractivity contribution is 4.71. The topological polar surface area (TPSA) is 15.3 Å². The van der Waals surface area contributed by atoms with Gasteiger partial charge in [0.1, 0.15) is 0 Å². The van der Waals surface area contributed by atoms with Crippen LogP contribution in [-0.2, 0) is 0 Å². The average molecular weight is 280 g/mol. The molecule has 5 heteroatoms. The fourth-order valence-electron chi connectivity index (χ4n) is 2.60. The summed E-state index contributed by atoms with van der Waals surface area (Å²) in [5, 5.41) is 3.35. The van der Waals surface area contributed by atoms with Crippen LogP contribution < -0.4 is 5.32 Å². The molecule has 0 aromatic carbocycles. The molecule has 0 aliphatic carbocycles. The molecule has 1 N–H and O–H groups in total. The molecule has 0 radical (unpaired) electrons. The van der Waals surface area contributed by atoms with Crippen LogP contribution in [0.5, 0.6) is 0 Å². The molecule has 1 saturated heterocycles. The molecule has 1 unspecified atom stereocenters. The highest BCUT2D eigenvalue weighted by Crippen LogP contribution is 2.23. The van der Waals surface area contributed by atoms with Crippen molar-refractivity contribution >= 4 is 0 Å². The predicted molar refractivity (Wildman–Crippen MR) is 72.2 cm³/mol. The van der Waals surface area contributed by atoms with E-state index in [0.29, 0.717) is 6.42 Å². The fourth-order valence-corrected chi connectivity index (χ4v) is 2.60. The molecule has 1 fully saturated rings. The highest BCUT2D eigenvalue weighted by atomic mass is 19.4. The summed E-state index contributed by atoms with van der Waals surface area (Å²) in [6.07, 6.45) is -0.181. The SMILES string of the molecule is CC(CCCC(F)(F)F)NCCC1CCN(C)CC1. The lowest BCUT2D eigenvalue weighted by Crippen LogP contribution is -2.33. The lowest BCUT2D eigenvalue weighted by molar-refractivity contribution is -0.135. The zero-order chi connectivity index (χ0) is 14.3. The largest absolute Gasteiger partial charge is 0.389 e. The third kappa shape index (κ3) is 8.47. The Morgan fingerprint density at radius 3 is 2.47 bits per heavy atom. The van der Waals surface area contributed by atoms with Crippen molar-refractivity contribution < 1.29 is 13.2 Å². The number of alkyl halides is 3. The molecular weight excluding hydrogens is 253 g/mol. The van der Waals surface area contributed by atoms with Gasteiger partial charge in [-0.05, 0) is 71.6 Å². The second-order valence-electron chi connectivity index (χ2n) is 5.90. The smallest absolute Gasteiger partial charge is 0.314 e. The number of halogens is 3. The second-order valence-corrected chi connectivity index (χ2v) is 5.90. The number of nitrogens with one attached hydrogen (secondary N) is 1. The molecule has 19 heavy (non-hydrogen) atoms. The molecule has 0 bridgehead atoms. The number of rotatable bonds is 7. The van der Waals surface area contributed by atoms with Crippen LogP contribution >= 0.6 is 0 Å². The molecular formula is C14H27F3N2. The third-order valence-corrected chi connectivity index (χ3v) is 3.98. The van der Waals surface area contributed by atoms with E-state index in [4.69, 9.17) is 0 Å². The molecule has 0 aromatic rings. The van der Waals surface area contributed by atoms with E-state index in [0.717, 1.165) is 18.9 Å². The van der Waals surface area contributed by atoms with E-state index >= 15 is 0 Å². The first kappa shape index (κ1) is 16.8. The van der Waals surface area contributed by atoms with E-state index in [-0.39, 0.29) is 12.5 Å². The molecule has 0 spiro atoms. The van der Waals surface area contributed by atoms with Crippen molar-refractivity contribution in [3.63, 3.8) is 0 Å². The Bertz CT molecular complexity index is 235. The van der Waals surface area contributed by atoms with Gasteiger partial charge in [-0.1, -0.05) is 0 Å². The molecule has 0 amide bonds. The van der Waals surface area contributed by atoms with E-state index in [1.807, 2.05) is 6.92 Å². The molecule has 2 nitrogen and oxygen atoms in total. The first-order valence-corrected chi connectivity index (χ1v) is 7.35. The maximum Gasteiger partial charge on any atom is 0.389 e. The van der Waals surface area contributed by atoms with Crippen LogP contribution in [0.1, 0.15) is 45.4 Å². The van der Waals surface area contributed by atoms with Crippen LogP contribution in [0.3, 0.4) is 0 Å². The van der Waals surface area contributed by atoms with Crippen molar-refractivity contribution in [2.24, 2.45) is 5.92 Å². The normalized spacial score (nSPS) is 20.7. The Hall–Kier alpha value is -0.290. The van der Waals surface area contributed by atoms with Crippen LogP contribution in [0.2, 0.25) is 0 Å². The van der Waals surface area contributed by atoms with Gasteiger partial charge in [0.05, 0.1) is 0 Å². The highest BCUT2D eigenvalue weighted by Gasteiger charge is 2.26. The molecule has 1 heterocycles. The Balaban J connectivity index is 1.99. The number of hydrogen-bond acceptors (Lipinski definition) is 2. The van der Waals surface area contributed by atoms with Gasteiger partial charge in [-0.25, -0.2) is 0 Å². The molecule has 1 atom stereocenters. The van der Waals surface area contributed by atoms with Crippen molar-refractivity contribution in [1.29, 1.82) is 0 Å². The van der Waals surface area contributed by atoms with Gasteiger partial charge >= 0.3 is 6.18 Å². The first-order valence-electron chi connectivity index (χ1n) is 7.35. The van der Waals surface area contributed by atoms with E-state index in [1.165, 1.54) is 25.9 Å². The summed E-state index contributed by atoms with van der Waals surface area (Å²) in [6.45, 7) is 5.25. The summed E-state index contributed by atoms with van der Waals surface area (Å²) in [7, 11) is 2.15. The maximum atomic E-state index is 12.0.